The van der Waals surface area contributed by atoms with Crippen LogP contribution in [0.2, 0.25) is 5.02 Å². The predicted molar refractivity (Wildman–Crippen MR) is 212 cm³/mol. The fourth-order valence-corrected chi connectivity index (χ4v) is 9.18. The number of alkyl carbamates (subject to hydrolysis) is 1. The maximum absolute atomic E-state index is 14.2. The third kappa shape index (κ3) is 10.4. The molecule has 0 aliphatic carbocycles. The van der Waals surface area contributed by atoms with Crippen molar-refractivity contribution in [2.24, 2.45) is 5.92 Å². The van der Waals surface area contributed by atoms with Gasteiger partial charge in [0.05, 0.1) is 25.3 Å². The van der Waals surface area contributed by atoms with Crippen molar-refractivity contribution in [2.45, 2.75) is 133 Å². The average Bonchev–Trinajstić information content (AvgIpc) is 3.79. The first kappa shape index (κ1) is 44.4. The van der Waals surface area contributed by atoms with Gasteiger partial charge in [0, 0.05) is 44.7 Å². The number of allylic oxidation sites excluding steroid dienone is 3. The van der Waals surface area contributed by atoms with Gasteiger partial charge in [0.25, 0.3) is 0 Å². The number of methoxy groups -OCH3 is 2. The van der Waals surface area contributed by atoms with E-state index >= 15 is 0 Å². The Balaban J connectivity index is 1.73. The molecule has 15 heteroatoms. The topological polar surface area (TPSA) is 156 Å². The van der Waals surface area contributed by atoms with Gasteiger partial charge in [0.15, 0.2) is 5.72 Å². The molecule has 0 aromatic heterocycles. The number of ether oxygens (including phenoxy) is 5. The lowest BCUT2D eigenvalue weighted by Crippen LogP contribution is -2.63. The van der Waals surface area contributed by atoms with Gasteiger partial charge in [0.2, 0.25) is 11.8 Å². The number of hydrogen-bond donors (Lipinski definition) is 2. The van der Waals surface area contributed by atoms with Crippen LogP contribution >= 0.6 is 23.4 Å². The van der Waals surface area contributed by atoms with Crippen molar-refractivity contribution in [2.75, 3.05) is 33.2 Å². The van der Waals surface area contributed by atoms with Gasteiger partial charge in [-0.05, 0) is 50.1 Å². The zero-order valence-electron chi connectivity index (χ0n) is 34.1. The number of halogens is 1. The molecule has 1 aromatic rings. The van der Waals surface area contributed by atoms with Crippen LogP contribution in [-0.2, 0) is 39.8 Å². The van der Waals surface area contributed by atoms with E-state index in [1.54, 1.807) is 64.0 Å². The summed E-state index contributed by atoms with van der Waals surface area (Å²) in [5.41, 5.74) is -0.906. The number of aliphatic hydroxyl groups is 1. The normalized spacial score (nSPS) is 30.9. The maximum Gasteiger partial charge on any atom is 0.409 e. The Labute approximate surface area is 334 Å². The molecule has 8 atom stereocenters. The number of hydrogen-bond acceptors (Lipinski definition) is 11. The lowest BCUT2D eigenvalue weighted by Gasteiger charge is -2.42. The second-order valence-corrected chi connectivity index (χ2v) is 18.7. The molecule has 3 aliphatic rings. The Morgan fingerprint density at radius 3 is 2.51 bits per heavy atom. The van der Waals surface area contributed by atoms with Gasteiger partial charge >= 0.3 is 12.1 Å². The molecule has 13 nitrogen and oxygen atoms in total. The highest BCUT2D eigenvalue weighted by molar-refractivity contribution is 8.01. The zero-order chi connectivity index (χ0) is 41.2. The monoisotopic (exact) mass is 807 g/mol. The highest BCUT2D eigenvalue weighted by atomic mass is 35.5. The van der Waals surface area contributed by atoms with Crippen LogP contribution in [0.15, 0.2) is 35.9 Å². The first-order chi connectivity index (χ1) is 25.5. The van der Waals surface area contributed by atoms with Gasteiger partial charge in [-0.15, -0.1) is 0 Å². The number of carbonyl (C=O) groups excluding carboxylic acids is 4. The molecule has 3 heterocycles. The number of esters is 1. The van der Waals surface area contributed by atoms with Crippen molar-refractivity contribution in [3.05, 3.63) is 46.5 Å². The Kier molecular flexibility index (Phi) is 14.1. The molecule has 4 bridgehead atoms. The van der Waals surface area contributed by atoms with Crippen molar-refractivity contribution in [1.82, 2.24) is 10.2 Å². The molecular weight excluding hydrogens is 750 g/mol. The zero-order valence-corrected chi connectivity index (χ0v) is 35.6. The van der Waals surface area contributed by atoms with Crippen LogP contribution in [0.4, 0.5) is 10.5 Å². The molecule has 0 saturated carbocycles. The number of amides is 3. The maximum atomic E-state index is 14.2. The molecule has 0 radical (unpaired) electrons. The van der Waals surface area contributed by atoms with Gasteiger partial charge in [0.1, 0.15) is 40.7 Å². The first-order valence-electron chi connectivity index (χ1n) is 18.6. The van der Waals surface area contributed by atoms with Crippen LogP contribution in [0.3, 0.4) is 0 Å². The van der Waals surface area contributed by atoms with E-state index in [2.05, 4.69) is 19.2 Å². The number of carbonyl (C=O) groups is 4. The molecule has 4 rings (SSSR count). The van der Waals surface area contributed by atoms with Crippen LogP contribution in [0, 0.1) is 5.92 Å². The second kappa shape index (κ2) is 17.5. The number of thioether (sulfide) groups is 1. The minimum Gasteiger partial charge on any atom is -0.495 e. The van der Waals surface area contributed by atoms with Gasteiger partial charge in [-0.1, -0.05) is 70.0 Å². The Hall–Kier alpha value is -3.30. The average molecular weight is 808 g/mol. The third-order valence-electron chi connectivity index (χ3n) is 10.7. The largest absolute Gasteiger partial charge is 0.495 e. The van der Waals surface area contributed by atoms with Gasteiger partial charge in [-0.2, -0.15) is 11.8 Å². The quantitative estimate of drug-likeness (QED) is 0.229. The van der Waals surface area contributed by atoms with Crippen LogP contribution in [0.25, 0.3) is 0 Å². The SMILES string of the molecule is COc1cc2cc(c1Cl)N(C)C(=O)C[C@H](OC(=O)[C@H](C)N(C)C(=O)CC(C)(C)SC(C)C)[C@]1(C)O[C@H]1[C@H](C)[C@@H]1C[C@@](O)(NC(=O)O1)[C@H](OC)/C=C/C=C(\C)C2. The summed E-state index contributed by atoms with van der Waals surface area (Å²) >= 11 is 8.46. The summed E-state index contributed by atoms with van der Waals surface area (Å²) in [6.07, 6.45) is 1.17. The van der Waals surface area contributed by atoms with E-state index < -0.39 is 65.7 Å². The third-order valence-corrected chi connectivity index (χ3v) is 12.3. The summed E-state index contributed by atoms with van der Waals surface area (Å²) in [5, 5.41) is 14.8. The number of nitrogens with zero attached hydrogens (tertiary/aromatic N) is 2. The van der Waals surface area contributed by atoms with E-state index in [4.69, 9.17) is 35.3 Å². The molecule has 3 aliphatic heterocycles. The van der Waals surface area contributed by atoms with Crippen molar-refractivity contribution in [3.8, 4) is 5.75 Å². The number of anilines is 1. The molecule has 2 fully saturated rings. The van der Waals surface area contributed by atoms with E-state index in [1.165, 1.54) is 24.0 Å². The van der Waals surface area contributed by atoms with Crippen molar-refractivity contribution >= 4 is 52.9 Å². The molecule has 55 heavy (non-hydrogen) atoms. The summed E-state index contributed by atoms with van der Waals surface area (Å²) in [6.45, 7) is 15.2. The van der Waals surface area contributed by atoms with E-state index in [1.807, 2.05) is 33.8 Å². The van der Waals surface area contributed by atoms with Crippen molar-refractivity contribution in [1.29, 1.82) is 0 Å². The summed E-state index contributed by atoms with van der Waals surface area (Å²) < 4.78 is 29.0. The van der Waals surface area contributed by atoms with Gasteiger partial charge < -0.3 is 38.6 Å². The molecule has 2 N–H and O–H groups in total. The number of benzene rings is 1. The standard InChI is InChI=1S/C40H58ClN3O10S/c1-22(2)55-38(6,7)21-33(46)43(9)25(5)36(47)53-31-19-32(45)44(10)27-17-26(18-28(50-11)34(27)41)16-23(3)14-13-15-30(51-12)40(49)20-29(52-37(48)42-40)24(4)35-39(31,8)54-35/h13-15,17-18,22,24-25,29-31,35,49H,16,19-21H2,1-12H3,(H,42,48)/b15-13+,23-14+/t24-,25+,29+,30-,31+,35+,39+,40+/m1/s1. The number of nitrogens with one attached hydrogen (secondary N) is 1. The van der Waals surface area contributed by atoms with E-state index in [-0.39, 0.29) is 34.9 Å². The Bertz CT molecular complexity index is 1690. The highest BCUT2D eigenvalue weighted by Gasteiger charge is 2.64. The van der Waals surface area contributed by atoms with Crippen LogP contribution in [0.1, 0.15) is 80.2 Å². The minimum absolute atomic E-state index is 0.0486. The summed E-state index contributed by atoms with van der Waals surface area (Å²) in [4.78, 5) is 57.2. The van der Waals surface area contributed by atoms with Crippen molar-refractivity contribution < 1.29 is 48.0 Å². The van der Waals surface area contributed by atoms with Crippen LogP contribution < -0.4 is 15.0 Å². The number of rotatable bonds is 9. The van der Waals surface area contributed by atoms with E-state index in [9.17, 15) is 24.3 Å². The summed E-state index contributed by atoms with van der Waals surface area (Å²) in [7, 11) is 6.07. The molecule has 2 saturated heterocycles. The number of likely N-dealkylation sites (N-methyl/N-ethyl adjacent to an activating group) is 1. The predicted octanol–water partition coefficient (Wildman–Crippen LogP) is 5.82. The lowest BCUT2D eigenvalue weighted by atomic mass is 9.83. The minimum atomic E-state index is -1.83. The summed E-state index contributed by atoms with van der Waals surface area (Å²) in [6, 6.07) is 2.61. The number of fused-ring (bicyclic) bond motifs is 5. The lowest BCUT2D eigenvalue weighted by molar-refractivity contribution is -0.162. The van der Waals surface area contributed by atoms with Crippen molar-refractivity contribution in [3.63, 3.8) is 0 Å². The molecule has 1 aromatic carbocycles. The highest BCUT2D eigenvalue weighted by Crippen LogP contribution is 2.49. The summed E-state index contributed by atoms with van der Waals surface area (Å²) in [5.74, 6) is -1.52. The molecule has 0 spiro atoms. The Morgan fingerprint density at radius 2 is 1.89 bits per heavy atom. The van der Waals surface area contributed by atoms with E-state index in [0.717, 1.165) is 11.1 Å². The van der Waals surface area contributed by atoms with Crippen LogP contribution in [0.5, 0.6) is 5.75 Å². The van der Waals surface area contributed by atoms with Gasteiger partial charge in [-0.3, -0.25) is 14.9 Å². The molecule has 3 amide bonds. The van der Waals surface area contributed by atoms with Crippen LogP contribution in [-0.4, -0.2) is 114 Å². The Morgan fingerprint density at radius 1 is 1.22 bits per heavy atom. The fraction of sp³-hybridized carbons (Fsp3) is 0.650. The number of epoxide rings is 1. The van der Waals surface area contributed by atoms with E-state index in [0.29, 0.717) is 23.1 Å². The molecule has 0 unspecified atom stereocenters. The molecular formula is C40H58ClN3O10S. The smallest absolute Gasteiger partial charge is 0.409 e. The molecule has 306 valence electrons. The second-order valence-electron chi connectivity index (χ2n) is 16.0. The van der Waals surface area contributed by atoms with Gasteiger partial charge in [-0.25, -0.2) is 9.59 Å². The fourth-order valence-electron chi connectivity index (χ4n) is 7.39. The first-order valence-corrected chi connectivity index (χ1v) is 19.8.